The molecule has 0 radical (unpaired) electrons. The quantitative estimate of drug-likeness (QED) is 0.316. The molecule has 0 bridgehead atoms. The van der Waals surface area contributed by atoms with Gasteiger partial charge < -0.3 is 35.2 Å². The number of methoxy groups -OCH3 is 1. The van der Waals surface area contributed by atoms with Crippen LogP contribution >= 0.6 is 21.6 Å². The minimum atomic E-state index is -1.05. The maximum Gasteiger partial charge on any atom is 0.408 e. The van der Waals surface area contributed by atoms with Crippen molar-refractivity contribution in [2.45, 2.75) is 88.7 Å². The molecule has 5 atom stereocenters. The first kappa shape index (κ1) is 35.4. The molecule has 0 aliphatic carbocycles. The molecule has 15 heteroatoms. The van der Waals surface area contributed by atoms with E-state index < -0.39 is 65.6 Å². The molecule has 3 N–H and O–H groups in total. The number of nitrogens with one attached hydrogen (secondary N) is 3. The lowest BCUT2D eigenvalue weighted by Gasteiger charge is -2.33. The first-order valence-electron chi connectivity index (χ1n) is 15.5. The fourth-order valence-corrected chi connectivity index (χ4v) is 8.05. The summed E-state index contributed by atoms with van der Waals surface area (Å²) < 4.78 is 10.4. The maximum absolute atomic E-state index is 14.0. The van der Waals surface area contributed by atoms with Crippen LogP contribution in [-0.2, 0) is 39.9 Å². The van der Waals surface area contributed by atoms with E-state index in [4.69, 9.17) is 9.47 Å². The Morgan fingerprint density at radius 2 is 1.52 bits per heavy atom. The van der Waals surface area contributed by atoms with Gasteiger partial charge in [0.05, 0.1) is 7.11 Å². The van der Waals surface area contributed by atoms with Gasteiger partial charge in [-0.15, -0.1) is 0 Å². The zero-order valence-corrected chi connectivity index (χ0v) is 28.2. The van der Waals surface area contributed by atoms with Crippen LogP contribution in [0.4, 0.5) is 4.79 Å². The van der Waals surface area contributed by atoms with Crippen LogP contribution in [0.5, 0.6) is 0 Å². The Bertz CT molecular complexity index is 1290. The van der Waals surface area contributed by atoms with Gasteiger partial charge in [-0.25, -0.2) is 9.59 Å². The van der Waals surface area contributed by atoms with Crippen LogP contribution in [0.1, 0.15) is 52.0 Å². The van der Waals surface area contributed by atoms with Crippen molar-refractivity contribution in [2.75, 3.05) is 31.7 Å². The van der Waals surface area contributed by atoms with Gasteiger partial charge in [0.2, 0.25) is 23.6 Å². The monoisotopic (exact) mass is 677 g/mol. The lowest BCUT2D eigenvalue weighted by Crippen LogP contribution is -2.58. The molecule has 46 heavy (non-hydrogen) atoms. The number of amides is 5. The van der Waals surface area contributed by atoms with E-state index in [1.165, 1.54) is 38.5 Å². The third-order valence-corrected chi connectivity index (χ3v) is 10.3. The summed E-state index contributed by atoms with van der Waals surface area (Å²) in [6, 6.07) is 4.45. The van der Waals surface area contributed by atoms with Gasteiger partial charge >= 0.3 is 12.1 Å². The first-order valence-corrected chi connectivity index (χ1v) is 17.9. The lowest BCUT2D eigenvalue weighted by molar-refractivity contribution is -0.147. The van der Waals surface area contributed by atoms with Crippen molar-refractivity contribution in [3.05, 3.63) is 35.9 Å². The van der Waals surface area contributed by atoms with Crippen molar-refractivity contribution < 1.29 is 38.2 Å². The van der Waals surface area contributed by atoms with Crippen LogP contribution < -0.4 is 16.0 Å². The molecule has 13 nitrogen and oxygen atoms in total. The molecular formula is C31H43N5O8S2. The third-order valence-electron chi connectivity index (χ3n) is 7.92. The van der Waals surface area contributed by atoms with Gasteiger partial charge in [0.15, 0.2) is 0 Å². The highest BCUT2D eigenvalue weighted by Gasteiger charge is 2.44. The van der Waals surface area contributed by atoms with Crippen molar-refractivity contribution in [2.24, 2.45) is 0 Å². The molecule has 0 spiro atoms. The second-order valence-electron chi connectivity index (χ2n) is 12.5. The van der Waals surface area contributed by atoms with Crippen LogP contribution in [0.15, 0.2) is 30.3 Å². The number of esters is 1. The van der Waals surface area contributed by atoms with E-state index >= 15 is 0 Å². The number of alkyl carbamates (subject to hydrolysis) is 1. The van der Waals surface area contributed by atoms with Crippen molar-refractivity contribution in [3.8, 4) is 0 Å². The number of hydrogen-bond donors (Lipinski definition) is 3. The molecule has 4 rings (SSSR count). The Hall–Kier alpha value is -3.46. The van der Waals surface area contributed by atoms with Crippen molar-refractivity contribution >= 4 is 57.3 Å². The molecule has 1 aromatic carbocycles. The minimum absolute atomic E-state index is 0.0870. The highest BCUT2D eigenvalue weighted by molar-refractivity contribution is 8.76. The van der Waals surface area contributed by atoms with E-state index in [-0.39, 0.29) is 23.8 Å². The Labute approximate surface area is 277 Å². The number of benzene rings is 1. The second kappa shape index (κ2) is 15.9. The highest BCUT2D eigenvalue weighted by atomic mass is 33.1. The normalized spacial score (nSPS) is 26.7. The predicted octanol–water partition coefficient (Wildman–Crippen LogP) is 1.64. The summed E-state index contributed by atoms with van der Waals surface area (Å²) in [7, 11) is 3.66. The average Bonchev–Trinajstić information content (AvgIpc) is 3.70. The molecule has 0 unspecified atom stereocenters. The lowest BCUT2D eigenvalue weighted by atomic mass is 10.0. The SMILES string of the molecule is COC(=O)[C@@H]1CSSC[C@H](NC(=O)OC(C)(C)C)C(=O)N2CCC[C@H]2C(=O)N2CCC[C@H]2C(=O)N[C@@H](Cc2ccccc2)C(=O)N1. The van der Waals surface area contributed by atoms with Crippen LogP contribution in [0.25, 0.3) is 0 Å². The zero-order chi connectivity index (χ0) is 33.4. The molecule has 0 aromatic heterocycles. The third kappa shape index (κ3) is 9.30. The first-order chi connectivity index (χ1) is 21.9. The summed E-state index contributed by atoms with van der Waals surface area (Å²) in [6.45, 7) is 5.80. The van der Waals surface area contributed by atoms with Crippen molar-refractivity contribution in [3.63, 3.8) is 0 Å². The molecule has 3 heterocycles. The standard InChI is InChI=1S/C31H43N5O8S2/c1-31(2,3)44-30(42)34-21-17-45-46-18-22(29(41)43-4)33-25(37)20(16-19-10-6-5-7-11-19)32-26(38)23-12-8-14-35(23)28(40)24-13-9-15-36(24)27(21)39/h5-7,10-11,20-24H,8-9,12-18H2,1-4H3,(H,32,38)(H,33,37)(H,34,42)/t20-,21-,22-,23-,24-/m0/s1. The molecule has 3 fully saturated rings. The zero-order valence-electron chi connectivity index (χ0n) is 26.6. The van der Waals surface area contributed by atoms with E-state index in [1.807, 2.05) is 30.3 Å². The molecule has 3 saturated heterocycles. The molecule has 0 saturated carbocycles. The summed E-state index contributed by atoms with van der Waals surface area (Å²) >= 11 is 0. The number of hydrogen-bond acceptors (Lipinski definition) is 10. The molecule has 252 valence electrons. The fraction of sp³-hybridized carbons (Fsp3) is 0.613. The van der Waals surface area contributed by atoms with E-state index in [0.717, 1.165) is 5.56 Å². The number of fused-ring (bicyclic) bond motifs is 2. The summed E-state index contributed by atoms with van der Waals surface area (Å²) in [4.78, 5) is 83.7. The predicted molar refractivity (Wildman–Crippen MR) is 174 cm³/mol. The van der Waals surface area contributed by atoms with Crippen LogP contribution in [0.3, 0.4) is 0 Å². The molecule has 3 aliphatic heterocycles. The van der Waals surface area contributed by atoms with Crippen LogP contribution in [0.2, 0.25) is 0 Å². The van der Waals surface area contributed by atoms with Gasteiger partial charge in [-0.2, -0.15) is 0 Å². The van der Waals surface area contributed by atoms with Gasteiger partial charge in [0.1, 0.15) is 35.8 Å². The Morgan fingerprint density at radius 1 is 0.891 bits per heavy atom. The number of carbonyl (C=O) groups is 6. The number of nitrogens with zero attached hydrogens (tertiary/aromatic N) is 2. The van der Waals surface area contributed by atoms with E-state index in [2.05, 4.69) is 16.0 Å². The Morgan fingerprint density at radius 3 is 2.17 bits per heavy atom. The topological polar surface area (TPSA) is 163 Å². The van der Waals surface area contributed by atoms with E-state index in [1.54, 1.807) is 20.8 Å². The number of ether oxygens (including phenoxy) is 2. The van der Waals surface area contributed by atoms with Crippen molar-refractivity contribution in [1.82, 2.24) is 25.8 Å². The highest BCUT2D eigenvalue weighted by Crippen LogP contribution is 2.28. The van der Waals surface area contributed by atoms with Crippen LogP contribution in [-0.4, -0.2) is 113 Å². The van der Waals surface area contributed by atoms with Crippen molar-refractivity contribution in [1.29, 1.82) is 0 Å². The second-order valence-corrected chi connectivity index (χ2v) is 15.0. The van der Waals surface area contributed by atoms with Gasteiger partial charge in [0.25, 0.3) is 0 Å². The van der Waals surface area contributed by atoms with Crippen LogP contribution in [0, 0.1) is 0 Å². The molecule has 3 aliphatic rings. The smallest absolute Gasteiger partial charge is 0.408 e. The molecule has 5 amide bonds. The fourth-order valence-electron chi connectivity index (χ4n) is 5.75. The number of carbonyl (C=O) groups excluding carboxylic acids is 6. The Kier molecular flexibility index (Phi) is 12.2. The summed E-state index contributed by atoms with van der Waals surface area (Å²) in [5, 5.41) is 8.23. The minimum Gasteiger partial charge on any atom is -0.467 e. The summed E-state index contributed by atoms with van der Waals surface area (Å²) in [5.74, 6) is -2.29. The number of rotatable bonds is 4. The molecular weight excluding hydrogens is 635 g/mol. The van der Waals surface area contributed by atoms with Gasteiger partial charge in [-0.1, -0.05) is 51.9 Å². The maximum atomic E-state index is 14.0. The summed E-state index contributed by atoms with van der Waals surface area (Å²) in [5.41, 5.74) is 0.00423. The van der Waals surface area contributed by atoms with Gasteiger partial charge in [-0.3, -0.25) is 19.2 Å². The molecule has 1 aromatic rings. The average molecular weight is 678 g/mol. The summed E-state index contributed by atoms with van der Waals surface area (Å²) in [6.07, 6.45) is 1.40. The van der Waals surface area contributed by atoms with Gasteiger partial charge in [0, 0.05) is 31.0 Å². The largest absolute Gasteiger partial charge is 0.467 e. The van der Waals surface area contributed by atoms with E-state index in [0.29, 0.717) is 38.8 Å². The van der Waals surface area contributed by atoms with E-state index in [9.17, 15) is 28.8 Å². The van der Waals surface area contributed by atoms with Gasteiger partial charge in [-0.05, 0) is 52.0 Å². The Balaban J connectivity index is 1.65.